The maximum atomic E-state index is 10.1. The van der Waals surface area contributed by atoms with E-state index in [4.69, 9.17) is 5.73 Å². The van der Waals surface area contributed by atoms with Crippen molar-refractivity contribution in [1.82, 2.24) is 9.40 Å². The zero-order valence-corrected chi connectivity index (χ0v) is 7.03. The maximum absolute atomic E-state index is 10.1. The predicted molar refractivity (Wildman–Crippen MR) is 49.2 cm³/mol. The Bertz CT molecular complexity index is 280. The number of hydrazine groups is 1. The summed E-state index contributed by atoms with van der Waals surface area (Å²) < 4.78 is 0.952. The first-order valence-corrected chi connectivity index (χ1v) is 3.53. The van der Waals surface area contributed by atoms with Crippen LogP contribution >= 0.6 is 12.8 Å². The van der Waals surface area contributed by atoms with Crippen LogP contribution in [0.5, 0.6) is 0 Å². The van der Waals surface area contributed by atoms with E-state index in [1.165, 1.54) is 6.20 Å². The monoisotopic (exact) mass is 184 g/mol. The second kappa shape index (κ2) is 3.82. The summed E-state index contributed by atoms with van der Waals surface area (Å²) in [6.45, 7) is 0. The molecule has 0 unspecified atom stereocenters. The van der Waals surface area contributed by atoms with Crippen molar-refractivity contribution in [3.63, 3.8) is 0 Å². The number of nitrogens with two attached hydrogens (primary N) is 1. The van der Waals surface area contributed by atoms with E-state index in [-0.39, 0.29) is 0 Å². The number of nitrogens with zero attached hydrogens (tertiary/aromatic N) is 2. The summed E-state index contributed by atoms with van der Waals surface area (Å²) in [6, 6.07) is 1.62. The molecule has 64 valence electrons. The molecule has 1 heterocycles. The van der Waals surface area contributed by atoms with Crippen molar-refractivity contribution in [3.05, 3.63) is 18.5 Å². The highest BCUT2D eigenvalue weighted by Crippen LogP contribution is 2.15. The van der Waals surface area contributed by atoms with Gasteiger partial charge in [0.05, 0.1) is 17.6 Å². The lowest BCUT2D eigenvalue weighted by Gasteiger charge is -2.12. The molecule has 0 aliphatic rings. The molecule has 0 saturated carbocycles. The summed E-state index contributed by atoms with van der Waals surface area (Å²) in [5, 5.41) is 0. The Morgan fingerprint density at radius 1 is 1.75 bits per heavy atom. The lowest BCUT2D eigenvalue weighted by atomic mass is 10.4. The first-order valence-electron chi connectivity index (χ1n) is 3.13. The minimum Gasteiger partial charge on any atom is -0.397 e. The van der Waals surface area contributed by atoms with Gasteiger partial charge in [-0.1, -0.05) is 0 Å². The van der Waals surface area contributed by atoms with Crippen LogP contribution in [0.4, 0.5) is 11.4 Å². The molecule has 5 nitrogen and oxygen atoms in total. The molecule has 0 bridgehead atoms. The third-order valence-electron chi connectivity index (χ3n) is 1.19. The van der Waals surface area contributed by atoms with Gasteiger partial charge in [-0.2, -0.15) is 0 Å². The van der Waals surface area contributed by atoms with Crippen LogP contribution in [0.25, 0.3) is 0 Å². The normalized spacial score (nSPS) is 9.08. The van der Waals surface area contributed by atoms with E-state index in [0.717, 1.165) is 4.41 Å². The molecule has 1 aromatic heterocycles. The first-order chi connectivity index (χ1) is 5.74. The molecule has 1 aromatic rings. The molecule has 3 N–H and O–H groups in total. The first kappa shape index (κ1) is 8.66. The van der Waals surface area contributed by atoms with E-state index >= 15 is 0 Å². The van der Waals surface area contributed by atoms with Crippen LogP contribution in [-0.4, -0.2) is 15.8 Å². The van der Waals surface area contributed by atoms with E-state index < -0.39 is 0 Å². The van der Waals surface area contributed by atoms with Crippen molar-refractivity contribution < 1.29 is 4.79 Å². The smallest absolute Gasteiger partial charge is 0.238 e. The quantitative estimate of drug-likeness (QED) is 0.359. The fourth-order valence-electron chi connectivity index (χ4n) is 0.648. The number of amides is 1. The summed E-state index contributed by atoms with van der Waals surface area (Å²) in [6.07, 6.45) is 3.57. The molecule has 1 amide bonds. The number of hydrogen-bond acceptors (Lipinski definition) is 5. The number of anilines is 2. The van der Waals surface area contributed by atoms with Crippen molar-refractivity contribution in [2.24, 2.45) is 0 Å². The van der Waals surface area contributed by atoms with Crippen LogP contribution in [-0.2, 0) is 4.79 Å². The van der Waals surface area contributed by atoms with Gasteiger partial charge in [0.1, 0.15) is 0 Å². The Kier molecular flexibility index (Phi) is 2.76. The van der Waals surface area contributed by atoms with Gasteiger partial charge in [-0.3, -0.25) is 15.2 Å². The number of nitrogens with one attached hydrogen (secondary N) is 1. The summed E-state index contributed by atoms with van der Waals surface area (Å²) in [7, 11) is 0. The van der Waals surface area contributed by atoms with Gasteiger partial charge < -0.3 is 5.73 Å². The molecular formula is C6H8N4OS. The highest BCUT2D eigenvalue weighted by molar-refractivity contribution is 7.78. The zero-order valence-electron chi connectivity index (χ0n) is 6.14. The van der Waals surface area contributed by atoms with Gasteiger partial charge in [0, 0.05) is 6.20 Å². The molecule has 0 aliphatic carbocycles. The van der Waals surface area contributed by atoms with Gasteiger partial charge in [-0.05, 0) is 18.9 Å². The molecule has 0 atom stereocenters. The second-order valence-corrected chi connectivity index (χ2v) is 2.46. The summed E-state index contributed by atoms with van der Waals surface area (Å²) >= 11 is 3.76. The van der Waals surface area contributed by atoms with Gasteiger partial charge in [-0.25, -0.2) is 4.41 Å². The van der Waals surface area contributed by atoms with Crippen molar-refractivity contribution in [1.29, 1.82) is 0 Å². The molecule has 0 spiro atoms. The highest BCUT2D eigenvalue weighted by atomic mass is 32.1. The Morgan fingerprint density at radius 2 is 2.50 bits per heavy atom. The summed E-state index contributed by atoms with van der Waals surface area (Å²) in [5.74, 6) is 0. The minimum atomic E-state index is 0.505. The van der Waals surface area contributed by atoms with E-state index in [0.29, 0.717) is 17.8 Å². The van der Waals surface area contributed by atoms with Gasteiger partial charge in [0.25, 0.3) is 0 Å². The van der Waals surface area contributed by atoms with Crippen LogP contribution in [0.1, 0.15) is 0 Å². The summed E-state index contributed by atoms with van der Waals surface area (Å²) in [4.78, 5) is 14.0. The van der Waals surface area contributed by atoms with E-state index in [9.17, 15) is 4.79 Å². The third-order valence-corrected chi connectivity index (χ3v) is 1.38. The Labute approximate surface area is 75.1 Å². The zero-order chi connectivity index (χ0) is 8.97. The number of carbonyl (C=O) groups is 1. The number of nitrogen functional groups attached to an aromatic ring is 1. The van der Waals surface area contributed by atoms with Crippen LogP contribution < -0.4 is 11.2 Å². The van der Waals surface area contributed by atoms with Crippen LogP contribution in [0.3, 0.4) is 0 Å². The Balaban J connectivity index is 2.75. The summed E-state index contributed by atoms with van der Waals surface area (Å²) in [5.41, 5.74) is 9.19. The SMILES string of the molecule is Nc1ccncc1NN(S)C=O. The topological polar surface area (TPSA) is 71.2 Å². The number of rotatable bonds is 3. The number of thiol groups is 1. The number of carbonyl (C=O) groups excluding carboxylic acids is 1. The average Bonchev–Trinajstić information content (AvgIpc) is 2.09. The number of hydrogen-bond donors (Lipinski definition) is 3. The van der Waals surface area contributed by atoms with Crippen LogP contribution in [0.15, 0.2) is 18.5 Å². The van der Waals surface area contributed by atoms with Crippen LogP contribution in [0, 0.1) is 0 Å². The maximum Gasteiger partial charge on any atom is 0.238 e. The molecular weight excluding hydrogens is 176 g/mol. The molecule has 6 heteroatoms. The lowest BCUT2D eigenvalue weighted by Crippen LogP contribution is -2.18. The van der Waals surface area contributed by atoms with Gasteiger partial charge in [-0.15, -0.1) is 0 Å². The molecule has 0 radical (unpaired) electrons. The largest absolute Gasteiger partial charge is 0.397 e. The fourth-order valence-corrected chi connectivity index (χ4v) is 0.756. The van der Waals surface area contributed by atoms with Crippen molar-refractivity contribution >= 4 is 30.6 Å². The Hall–Kier alpha value is -1.43. The lowest BCUT2D eigenvalue weighted by molar-refractivity contribution is -0.112. The van der Waals surface area contributed by atoms with Gasteiger partial charge in [0.15, 0.2) is 0 Å². The van der Waals surface area contributed by atoms with Crippen LogP contribution in [0.2, 0.25) is 0 Å². The Morgan fingerprint density at radius 3 is 3.08 bits per heavy atom. The van der Waals surface area contributed by atoms with Crippen molar-refractivity contribution in [3.8, 4) is 0 Å². The standard InChI is InChI=1S/C6H8N4OS/c7-5-1-2-8-3-6(5)9-10(12)4-11/h1-4,9,12H,(H2,7,8). The molecule has 0 fully saturated rings. The minimum absolute atomic E-state index is 0.505. The molecule has 0 aromatic carbocycles. The predicted octanol–water partition coefficient (Wildman–Crippen LogP) is 0.294. The highest BCUT2D eigenvalue weighted by Gasteiger charge is 1.99. The van der Waals surface area contributed by atoms with E-state index in [1.807, 2.05) is 0 Å². The van der Waals surface area contributed by atoms with E-state index in [1.54, 1.807) is 12.3 Å². The third kappa shape index (κ3) is 2.03. The molecule has 0 aliphatic heterocycles. The fraction of sp³-hybridized carbons (Fsp3) is 0. The molecule has 0 saturated heterocycles. The van der Waals surface area contributed by atoms with Crippen molar-refractivity contribution in [2.75, 3.05) is 11.2 Å². The average molecular weight is 184 g/mol. The molecule has 1 rings (SSSR count). The van der Waals surface area contributed by atoms with Gasteiger partial charge >= 0.3 is 0 Å². The van der Waals surface area contributed by atoms with E-state index in [2.05, 4.69) is 23.2 Å². The second-order valence-electron chi connectivity index (χ2n) is 2.02. The number of pyridine rings is 1. The van der Waals surface area contributed by atoms with Crippen molar-refractivity contribution in [2.45, 2.75) is 0 Å². The number of aromatic nitrogens is 1. The van der Waals surface area contributed by atoms with Gasteiger partial charge in [0.2, 0.25) is 6.41 Å². The molecule has 12 heavy (non-hydrogen) atoms.